The number of nitrogens with zero attached hydrogens (tertiary/aromatic N) is 5. The van der Waals surface area contributed by atoms with Crippen LogP contribution in [0.4, 0.5) is 11.5 Å². The number of carbonyl (C=O) groups excluding carboxylic acids is 3. The van der Waals surface area contributed by atoms with Gasteiger partial charge in [0.05, 0.1) is 12.2 Å². The maximum absolute atomic E-state index is 13.1. The molecule has 2 aliphatic heterocycles. The average Bonchev–Trinajstić information content (AvgIpc) is 3.41. The molecule has 2 aliphatic rings. The molecule has 1 atom stereocenters. The Morgan fingerprint density at radius 3 is 2.47 bits per heavy atom. The number of Topliss-reactive ketones (excluding diaryl/α,β-unsaturated/α-hetero) is 1. The maximum Gasteiger partial charge on any atom is 0.270 e. The fraction of sp³-hybridized carbons (Fsp3) is 0.409. The minimum absolute atomic E-state index is 0.0291. The predicted octanol–water partition coefficient (Wildman–Crippen LogP) is 1.29. The maximum atomic E-state index is 13.1. The Morgan fingerprint density at radius 2 is 1.84 bits per heavy atom. The highest BCUT2D eigenvalue weighted by Gasteiger charge is 2.36. The molecule has 0 bridgehead atoms. The third-order valence-corrected chi connectivity index (χ3v) is 5.57. The first-order chi connectivity index (χ1) is 15.4. The van der Waals surface area contributed by atoms with Gasteiger partial charge in [0.2, 0.25) is 5.91 Å². The number of benzene rings is 1. The molecule has 1 unspecified atom stereocenters. The molecule has 1 aromatic heterocycles. The van der Waals surface area contributed by atoms with E-state index in [1.165, 1.54) is 6.92 Å². The molecule has 1 saturated heterocycles. The van der Waals surface area contributed by atoms with Gasteiger partial charge in [-0.15, -0.1) is 0 Å². The minimum Gasteiger partial charge on any atom is -0.360 e. The number of para-hydroxylation sites is 1. The van der Waals surface area contributed by atoms with Crippen LogP contribution in [0.5, 0.6) is 0 Å². The highest BCUT2D eigenvalue weighted by atomic mass is 16.5. The standard InChI is InChI=1S/C22H26N6O4/c1-15-12-20(25-32-15)23-21(30)14-26-8-10-27(11-9-26)22(31)18-13-19(16(2)29)28(24-18)17-6-4-3-5-7-17/h3-7,12,19H,8-11,13-14H2,1-2H3,(H,23,25,30). The van der Waals surface area contributed by atoms with Crippen LogP contribution in [0.3, 0.4) is 0 Å². The highest BCUT2D eigenvalue weighted by molar-refractivity contribution is 6.40. The van der Waals surface area contributed by atoms with E-state index in [4.69, 9.17) is 4.52 Å². The van der Waals surface area contributed by atoms with Gasteiger partial charge in [-0.3, -0.25) is 24.3 Å². The molecule has 1 aromatic carbocycles. The van der Waals surface area contributed by atoms with Gasteiger partial charge in [0.1, 0.15) is 17.5 Å². The lowest BCUT2D eigenvalue weighted by atomic mass is 10.1. The number of rotatable bonds is 6. The molecule has 2 aromatic rings. The average molecular weight is 438 g/mol. The second-order valence-corrected chi connectivity index (χ2v) is 8.00. The number of aromatic nitrogens is 1. The molecule has 3 heterocycles. The Morgan fingerprint density at radius 1 is 1.12 bits per heavy atom. The van der Waals surface area contributed by atoms with E-state index in [2.05, 4.69) is 15.6 Å². The van der Waals surface area contributed by atoms with E-state index in [1.54, 1.807) is 22.9 Å². The van der Waals surface area contributed by atoms with Crippen molar-refractivity contribution >= 4 is 34.8 Å². The number of carbonyl (C=O) groups is 3. The molecule has 4 rings (SSSR count). The Bertz CT molecular complexity index is 1030. The lowest BCUT2D eigenvalue weighted by molar-refractivity contribution is -0.126. The predicted molar refractivity (Wildman–Crippen MR) is 118 cm³/mol. The smallest absolute Gasteiger partial charge is 0.270 e. The molecule has 0 spiro atoms. The summed E-state index contributed by atoms with van der Waals surface area (Å²) in [5.41, 5.74) is 1.18. The summed E-state index contributed by atoms with van der Waals surface area (Å²) in [4.78, 5) is 41.1. The summed E-state index contributed by atoms with van der Waals surface area (Å²) in [5, 5.41) is 12.6. The Labute approximate surface area is 185 Å². The zero-order valence-electron chi connectivity index (χ0n) is 18.2. The van der Waals surface area contributed by atoms with Gasteiger partial charge in [-0.25, -0.2) is 0 Å². The summed E-state index contributed by atoms with van der Waals surface area (Å²) in [6.07, 6.45) is 0.294. The van der Waals surface area contributed by atoms with Crippen molar-refractivity contribution in [2.75, 3.05) is 43.0 Å². The lowest BCUT2D eigenvalue weighted by Gasteiger charge is -2.34. The van der Waals surface area contributed by atoms with Crippen LogP contribution in [0.25, 0.3) is 0 Å². The number of hydrogen-bond donors (Lipinski definition) is 1. The molecule has 0 aliphatic carbocycles. The van der Waals surface area contributed by atoms with E-state index in [0.29, 0.717) is 49.9 Å². The lowest BCUT2D eigenvalue weighted by Crippen LogP contribution is -2.52. The van der Waals surface area contributed by atoms with Crippen molar-refractivity contribution in [2.24, 2.45) is 5.10 Å². The van der Waals surface area contributed by atoms with E-state index in [9.17, 15) is 14.4 Å². The van der Waals surface area contributed by atoms with Crippen LogP contribution in [0.1, 0.15) is 19.1 Å². The number of nitrogens with one attached hydrogen (secondary N) is 1. The molecular formula is C22H26N6O4. The molecule has 168 valence electrons. The molecule has 2 amide bonds. The Balaban J connectivity index is 1.33. The van der Waals surface area contributed by atoms with Crippen molar-refractivity contribution in [3.63, 3.8) is 0 Å². The largest absolute Gasteiger partial charge is 0.360 e. The van der Waals surface area contributed by atoms with Crippen LogP contribution >= 0.6 is 0 Å². The number of aryl methyl sites for hydroxylation is 1. The van der Waals surface area contributed by atoms with E-state index < -0.39 is 6.04 Å². The van der Waals surface area contributed by atoms with Gasteiger partial charge in [0, 0.05) is 38.7 Å². The van der Waals surface area contributed by atoms with E-state index in [-0.39, 0.29) is 24.1 Å². The summed E-state index contributed by atoms with van der Waals surface area (Å²) in [5.74, 6) is 0.653. The number of piperazine rings is 1. The van der Waals surface area contributed by atoms with E-state index in [1.807, 2.05) is 35.2 Å². The monoisotopic (exact) mass is 438 g/mol. The van der Waals surface area contributed by atoms with Crippen LogP contribution < -0.4 is 10.3 Å². The first-order valence-corrected chi connectivity index (χ1v) is 10.6. The normalized spacial score (nSPS) is 19.1. The first-order valence-electron chi connectivity index (χ1n) is 10.6. The van der Waals surface area contributed by atoms with Crippen LogP contribution in [-0.4, -0.2) is 77.0 Å². The van der Waals surface area contributed by atoms with Gasteiger partial charge < -0.3 is 14.7 Å². The number of anilines is 2. The number of ketones is 1. The van der Waals surface area contributed by atoms with Gasteiger partial charge >= 0.3 is 0 Å². The summed E-state index contributed by atoms with van der Waals surface area (Å²) < 4.78 is 4.94. The summed E-state index contributed by atoms with van der Waals surface area (Å²) in [7, 11) is 0. The van der Waals surface area contributed by atoms with Crippen molar-refractivity contribution in [3.8, 4) is 0 Å². The van der Waals surface area contributed by atoms with Crippen molar-refractivity contribution in [1.29, 1.82) is 0 Å². The van der Waals surface area contributed by atoms with Crippen molar-refractivity contribution < 1.29 is 18.9 Å². The number of amides is 2. The van der Waals surface area contributed by atoms with E-state index in [0.717, 1.165) is 5.69 Å². The highest BCUT2D eigenvalue weighted by Crippen LogP contribution is 2.25. The third-order valence-electron chi connectivity index (χ3n) is 5.57. The summed E-state index contributed by atoms with van der Waals surface area (Å²) >= 11 is 0. The fourth-order valence-corrected chi connectivity index (χ4v) is 3.88. The zero-order chi connectivity index (χ0) is 22.7. The van der Waals surface area contributed by atoms with Crippen molar-refractivity contribution in [1.82, 2.24) is 15.0 Å². The third kappa shape index (κ3) is 4.86. The zero-order valence-corrected chi connectivity index (χ0v) is 18.2. The fourth-order valence-electron chi connectivity index (χ4n) is 3.88. The molecule has 0 saturated carbocycles. The molecule has 1 N–H and O–H groups in total. The molecule has 32 heavy (non-hydrogen) atoms. The SMILES string of the molecule is CC(=O)C1CC(C(=O)N2CCN(CC(=O)Nc3cc(C)on3)CC2)=NN1c1ccccc1. The minimum atomic E-state index is -0.471. The van der Waals surface area contributed by atoms with Crippen LogP contribution in [0, 0.1) is 6.92 Å². The van der Waals surface area contributed by atoms with Crippen molar-refractivity contribution in [2.45, 2.75) is 26.3 Å². The van der Waals surface area contributed by atoms with Gasteiger partial charge in [0.15, 0.2) is 11.6 Å². The van der Waals surface area contributed by atoms with Crippen LogP contribution in [-0.2, 0) is 14.4 Å². The second-order valence-electron chi connectivity index (χ2n) is 8.00. The summed E-state index contributed by atoms with van der Waals surface area (Å²) in [6, 6.07) is 10.6. The van der Waals surface area contributed by atoms with Crippen molar-refractivity contribution in [3.05, 3.63) is 42.2 Å². The summed E-state index contributed by atoms with van der Waals surface area (Å²) in [6.45, 7) is 5.61. The molecule has 0 radical (unpaired) electrons. The van der Waals surface area contributed by atoms with Gasteiger partial charge in [-0.2, -0.15) is 5.10 Å². The van der Waals surface area contributed by atoms with E-state index >= 15 is 0 Å². The molecule has 10 heteroatoms. The molecular weight excluding hydrogens is 412 g/mol. The number of hydrazone groups is 1. The topological polar surface area (TPSA) is 111 Å². The van der Waals surface area contributed by atoms with Gasteiger partial charge in [0.25, 0.3) is 5.91 Å². The van der Waals surface area contributed by atoms with Crippen LogP contribution in [0.15, 0.2) is 46.0 Å². The first kappa shape index (κ1) is 21.7. The Kier molecular flexibility index (Phi) is 6.31. The van der Waals surface area contributed by atoms with Gasteiger partial charge in [-0.1, -0.05) is 23.4 Å². The van der Waals surface area contributed by atoms with Gasteiger partial charge in [-0.05, 0) is 26.0 Å². The van der Waals surface area contributed by atoms with Crippen LogP contribution in [0.2, 0.25) is 0 Å². The quantitative estimate of drug-likeness (QED) is 0.723. The molecule has 10 nitrogen and oxygen atoms in total. The Hall–Kier alpha value is -3.53. The second kappa shape index (κ2) is 9.31. The molecule has 1 fully saturated rings. The number of hydrogen-bond acceptors (Lipinski definition) is 8.